The Bertz CT molecular complexity index is 837. The molecule has 3 aromatic rings. The second-order valence-electron chi connectivity index (χ2n) is 4.57. The van der Waals surface area contributed by atoms with Crippen molar-refractivity contribution in [3.63, 3.8) is 0 Å². The zero-order valence-corrected chi connectivity index (χ0v) is 13.3. The molecule has 0 aliphatic rings. The highest BCUT2D eigenvalue weighted by molar-refractivity contribution is 6.36. The summed E-state index contributed by atoms with van der Waals surface area (Å²) in [5.74, 6) is 0.299. The molecule has 7 heteroatoms. The smallest absolute Gasteiger partial charge is 0.244 e. The van der Waals surface area contributed by atoms with Gasteiger partial charge in [-0.05, 0) is 12.1 Å². The molecule has 114 valence electrons. The van der Waals surface area contributed by atoms with Crippen LogP contribution < -0.4 is 5.43 Å². The Hall–Kier alpha value is -2.50. The van der Waals surface area contributed by atoms with Crippen LogP contribution in [0.1, 0.15) is 5.56 Å². The van der Waals surface area contributed by atoms with Gasteiger partial charge in [0.25, 0.3) is 5.95 Å². The predicted octanol–water partition coefficient (Wildman–Crippen LogP) is 4.29. The number of nitrogens with zero attached hydrogens (tertiary/aromatic N) is 4. The van der Waals surface area contributed by atoms with E-state index in [1.165, 1.54) is 0 Å². The minimum absolute atomic E-state index is 0.299. The van der Waals surface area contributed by atoms with Crippen molar-refractivity contribution in [3.05, 3.63) is 70.3 Å². The maximum atomic E-state index is 6.07. The van der Waals surface area contributed by atoms with Gasteiger partial charge in [-0.15, -0.1) is 5.10 Å². The molecule has 0 aliphatic carbocycles. The Balaban J connectivity index is 1.75. The van der Waals surface area contributed by atoms with E-state index in [1.54, 1.807) is 30.6 Å². The summed E-state index contributed by atoms with van der Waals surface area (Å²) in [6, 6.07) is 14.9. The van der Waals surface area contributed by atoms with Gasteiger partial charge in [-0.3, -0.25) is 0 Å². The van der Waals surface area contributed by atoms with Crippen LogP contribution in [0, 0.1) is 0 Å². The molecule has 1 heterocycles. The molecule has 0 aliphatic heterocycles. The molecule has 0 spiro atoms. The van der Waals surface area contributed by atoms with Gasteiger partial charge < -0.3 is 0 Å². The summed E-state index contributed by atoms with van der Waals surface area (Å²) in [7, 11) is 0. The predicted molar refractivity (Wildman–Crippen MR) is 92.9 cm³/mol. The molecule has 0 saturated carbocycles. The number of halogens is 2. The van der Waals surface area contributed by atoms with Crippen LogP contribution >= 0.6 is 23.2 Å². The van der Waals surface area contributed by atoms with E-state index in [1.807, 2.05) is 30.3 Å². The molecule has 0 atom stereocenters. The first-order valence-corrected chi connectivity index (χ1v) is 7.47. The summed E-state index contributed by atoms with van der Waals surface area (Å²) in [6.45, 7) is 0. The molecule has 2 aromatic carbocycles. The standard InChI is InChI=1S/C16H11Cl2N5/c17-13-7-6-12(14(18)8-13)9-19-22-16-21-15(10-20-23-16)11-4-2-1-3-5-11/h1-10H,(H,21,22,23)/b19-9+. The first-order valence-electron chi connectivity index (χ1n) is 6.71. The van der Waals surface area contributed by atoms with Crippen LogP contribution in [0.3, 0.4) is 0 Å². The van der Waals surface area contributed by atoms with Crippen molar-refractivity contribution in [2.45, 2.75) is 0 Å². The topological polar surface area (TPSA) is 63.1 Å². The molecule has 1 aromatic heterocycles. The third-order valence-corrected chi connectivity index (χ3v) is 3.52. The quantitative estimate of drug-likeness (QED) is 0.566. The molecule has 0 saturated heterocycles. The summed E-state index contributed by atoms with van der Waals surface area (Å²) < 4.78 is 0. The Morgan fingerprint density at radius 1 is 1.04 bits per heavy atom. The number of aromatic nitrogens is 3. The average molecular weight is 344 g/mol. The Kier molecular flexibility index (Phi) is 4.80. The fourth-order valence-electron chi connectivity index (χ4n) is 1.86. The van der Waals surface area contributed by atoms with Crippen LogP contribution in [0.5, 0.6) is 0 Å². The van der Waals surface area contributed by atoms with Gasteiger partial charge in [0.15, 0.2) is 0 Å². The third-order valence-electron chi connectivity index (χ3n) is 2.96. The van der Waals surface area contributed by atoms with E-state index in [9.17, 15) is 0 Å². The van der Waals surface area contributed by atoms with Crippen molar-refractivity contribution in [2.24, 2.45) is 5.10 Å². The van der Waals surface area contributed by atoms with E-state index >= 15 is 0 Å². The van der Waals surface area contributed by atoms with Crippen LogP contribution in [0.15, 0.2) is 59.8 Å². The number of hydrogen-bond acceptors (Lipinski definition) is 5. The number of nitrogens with one attached hydrogen (secondary N) is 1. The second kappa shape index (κ2) is 7.17. The Morgan fingerprint density at radius 2 is 1.87 bits per heavy atom. The number of rotatable bonds is 4. The molecular weight excluding hydrogens is 333 g/mol. The summed E-state index contributed by atoms with van der Waals surface area (Å²) in [5.41, 5.74) is 5.14. The summed E-state index contributed by atoms with van der Waals surface area (Å²) in [6.07, 6.45) is 3.16. The van der Waals surface area contributed by atoms with Crippen molar-refractivity contribution >= 4 is 35.4 Å². The van der Waals surface area contributed by atoms with Gasteiger partial charge in [-0.2, -0.15) is 10.2 Å². The highest BCUT2D eigenvalue weighted by Gasteiger charge is 2.02. The van der Waals surface area contributed by atoms with Crippen molar-refractivity contribution < 1.29 is 0 Å². The molecule has 1 N–H and O–H groups in total. The molecule has 3 rings (SSSR count). The zero-order valence-electron chi connectivity index (χ0n) is 11.8. The summed E-state index contributed by atoms with van der Waals surface area (Å²) in [4.78, 5) is 4.36. The molecule has 0 unspecified atom stereocenters. The van der Waals surface area contributed by atoms with E-state index in [-0.39, 0.29) is 0 Å². The lowest BCUT2D eigenvalue weighted by molar-refractivity contribution is 0.967. The fraction of sp³-hybridized carbons (Fsp3) is 0. The SMILES string of the molecule is Clc1ccc(/C=N/Nc2nncc(-c3ccccc3)n2)c(Cl)c1. The van der Waals surface area contributed by atoms with E-state index < -0.39 is 0 Å². The largest absolute Gasteiger partial charge is 0.263 e. The monoisotopic (exact) mass is 343 g/mol. The minimum Gasteiger partial charge on any atom is -0.244 e. The molecule has 0 radical (unpaired) electrons. The first-order chi connectivity index (χ1) is 11.2. The number of benzene rings is 2. The molecule has 23 heavy (non-hydrogen) atoms. The number of anilines is 1. The highest BCUT2D eigenvalue weighted by Crippen LogP contribution is 2.19. The van der Waals surface area contributed by atoms with Crippen LogP contribution in [0.25, 0.3) is 11.3 Å². The van der Waals surface area contributed by atoms with Crippen LogP contribution in [0.2, 0.25) is 10.0 Å². The second-order valence-corrected chi connectivity index (χ2v) is 5.41. The van der Waals surface area contributed by atoms with Gasteiger partial charge in [0, 0.05) is 16.1 Å². The van der Waals surface area contributed by atoms with Gasteiger partial charge >= 0.3 is 0 Å². The third kappa shape index (κ3) is 4.03. The number of hydrogen-bond donors (Lipinski definition) is 1. The van der Waals surface area contributed by atoms with Crippen molar-refractivity contribution in [2.75, 3.05) is 5.43 Å². The first kappa shape index (κ1) is 15.4. The van der Waals surface area contributed by atoms with Gasteiger partial charge in [0.05, 0.1) is 23.1 Å². The molecule has 0 fully saturated rings. The van der Waals surface area contributed by atoms with Crippen LogP contribution in [-0.4, -0.2) is 21.4 Å². The lowest BCUT2D eigenvalue weighted by Gasteiger charge is -2.02. The molecular formula is C16H11Cl2N5. The van der Waals surface area contributed by atoms with Gasteiger partial charge in [-0.25, -0.2) is 10.4 Å². The van der Waals surface area contributed by atoms with Crippen molar-refractivity contribution in [1.29, 1.82) is 0 Å². The maximum absolute atomic E-state index is 6.07. The Labute approximate surface area is 143 Å². The highest BCUT2D eigenvalue weighted by atomic mass is 35.5. The van der Waals surface area contributed by atoms with Gasteiger partial charge in [-0.1, -0.05) is 59.6 Å². The Morgan fingerprint density at radius 3 is 2.65 bits per heavy atom. The van der Waals surface area contributed by atoms with E-state index in [0.717, 1.165) is 11.1 Å². The normalized spacial score (nSPS) is 10.9. The summed E-state index contributed by atoms with van der Waals surface area (Å²) in [5, 5.41) is 13.0. The lowest BCUT2D eigenvalue weighted by atomic mass is 10.2. The van der Waals surface area contributed by atoms with E-state index in [0.29, 0.717) is 21.7 Å². The fourth-order valence-corrected chi connectivity index (χ4v) is 2.32. The van der Waals surface area contributed by atoms with Crippen LogP contribution in [-0.2, 0) is 0 Å². The van der Waals surface area contributed by atoms with Crippen LogP contribution in [0.4, 0.5) is 5.95 Å². The maximum Gasteiger partial charge on any atom is 0.263 e. The van der Waals surface area contributed by atoms with Gasteiger partial charge in [0.1, 0.15) is 0 Å². The lowest BCUT2D eigenvalue weighted by Crippen LogP contribution is -2.00. The zero-order chi connectivity index (χ0) is 16.1. The van der Waals surface area contributed by atoms with E-state index in [2.05, 4.69) is 25.7 Å². The number of hydrazone groups is 1. The van der Waals surface area contributed by atoms with Crippen molar-refractivity contribution in [1.82, 2.24) is 15.2 Å². The average Bonchev–Trinajstić information content (AvgIpc) is 2.58. The molecule has 0 amide bonds. The van der Waals surface area contributed by atoms with Gasteiger partial charge in [0.2, 0.25) is 0 Å². The molecule has 5 nitrogen and oxygen atoms in total. The minimum atomic E-state index is 0.299. The summed E-state index contributed by atoms with van der Waals surface area (Å²) >= 11 is 11.9. The van der Waals surface area contributed by atoms with Crippen molar-refractivity contribution in [3.8, 4) is 11.3 Å². The molecule has 0 bridgehead atoms. The van der Waals surface area contributed by atoms with E-state index in [4.69, 9.17) is 23.2 Å².